The Bertz CT molecular complexity index is 1430. The number of hydrogen-bond acceptors (Lipinski definition) is 6. The Kier molecular flexibility index (Phi) is 6.72. The standard InChI is InChI=1S/C27H28ClFN6O2/c1-27(2,3)37-26(36)34-14-4-5-21(34)20-12-13-30-25(32-20)31-15-22-24(17-6-9-19(29)10-7-17)33-23-11-8-18(28)16-35(22)23/h6-13,16,21H,4-5,14-15H2,1-3H3,(H,30,31,32). The first-order valence-electron chi connectivity index (χ1n) is 12.2. The summed E-state index contributed by atoms with van der Waals surface area (Å²) in [6, 6.07) is 11.5. The average molecular weight is 523 g/mol. The van der Waals surface area contributed by atoms with Gasteiger partial charge in [-0.05, 0) is 76.1 Å². The molecule has 4 aromatic rings. The molecule has 3 aromatic heterocycles. The van der Waals surface area contributed by atoms with Crippen molar-refractivity contribution in [3.05, 3.63) is 77.1 Å². The van der Waals surface area contributed by atoms with Crippen molar-refractivity contribution in [2.45, 2.75) is 51.8 Å². The second kappa shape index (κ2) is 9.97. The van der Waals surface area contributed by atoms with Crippen molar-refractivity contribution in [2.24, 2.45) is 0 Å². The van der Waals surface area contributed by atoms with Crippen LogP contribution in [0.3, 0.4) is 0 Å². The molecule has 1 amide bonds. The Morgan fingerprint density at radius 3 is 2.70 bits per heavy atom. The average Bonchev–Trinajstić information content (AvgIpc) is 3.48. The summed E-state index contributed by atoms with van der Waals surface area (Å²) < 4.78 is 21.0. The summed E-state index contributed by atoms with van der Waals surface area (Å²) >= 11 is 6.27. The molecule has 37 heavy (non-hydrogen) atoms. The number of likely N-dealkylation sites (tertiary alicyclic amines) is 1. The first kappa shape index (κ1) is 25.0. The highest BCUT2D eigenvalue weighted by molar-refractivity contribution is 6.30. The predicted octanol–water partition coefficient (Wildman–Crippen LogP) is 6.27. The number of fused-ring (bicyclic) bond motifs is 1. The van der Waals surface area contributed by atoms with Gasteiger partial charge in [0, 0.05) is 24.5 Å². The SMILES string of the molecule is CC(C)(C)OC(=O)N1CCCC1c1ccnc(NCc2c(-c3ccc(F)cc3)nc3ccc(Cl)cn23)n1. The van der Waals surface area contributed by atoms with Crippen LogP contribution >= 0.6 is 11.6 Å². The highest BCUT2D eigenvalue weighted by Crippen LogP contribution is 2.33. The van der Waals surface area contributed by atoms with Crippen molar-refractivity contribution in [2.75, 3.05) is 11.9 Å². The predicted molar refractivity (Wildman–Crippen MR) is 140 cm³/mol. The molecule has 0 radical (unpaired) electrons. The van der Waals surface area contributed by atoms with Crippen LogP contribution in [0.4, 0.5) is 15.1 Å². The lowest BCUT2D eigenvalue weighted by Gasteiger charge is -2.28. The molecule has 192 valence electrons. The summed E-state index contributed by atoms with van der Waals surface area (Å²) in [7, 11) is 0. The number of carbonyl (C=O) groups excluding carboxylic acids is 1. The largest absolute Gasteiger partial charge is 0.444 e. The number of nitrogens with zero attached hydrogens (tertiary/aromatic N) is 5. The van der Waals surface area contributed by atoms with E-state index < -0.39 is 5.60 Å². The molecule has 0 aliphatic carbocycles. The van der Waals surface area contributed by atoms with Gasteiger partial charge < -0.3 is 14.5 Å². The molecule has 1 N–H and O–H groups in total. The zero-order valence-electron chi connectivity index (χ0n) is 20.9. The van der Waals surface area contributed by atoms with Crippen molar-refractivity contribution in [3.63, 3.8) is 0 Å². The zero-order chi connectivity index (χ0) is 26.2. The van der Waals surface area contributed by atoms with Crippen LogP contribution < -0.4 is 5.32 Å². The third kappa shape index (κ3) is 5.51. The quantitative estimate of drug-likeness (QED) is 0.332. The van der Waals surface area contributed by atoms with Crippen LogP contribution in [0.1, 0.15) is 51.0 Å². The molecule has 0 saturated carbocycles. The lowest BCUT2D eigenvalue weighted by atomic mass is 10.1. The van der Waals surface area contributed by atoms with Gasteiger partial charge in [0.1, 0.15) is 17.1 Å². The van der Waals surface area contributed by atoms with Crippen LogP contribution in [0.2, 0.25) is 5.02 Å². The molecule has 8 nitrogen and oxygen atoms in total. The lowest BCUT2D eigenvalue weighted by molar-refractivity contribution is 0.0221. The van der Waals surface area contributed by atoms with Gasteiger partial charge in [-0.2, -0.15) is 0 Å². The molecule has 5 rings (SSSR count). The summed E-state index contributed by atoms with van der Waals surface area (Å²) in [6.45, 7) is 6.54. The van der Waals surface area contributed by atoms with E-state index in [2.05, 4.69) is 10.3 Å². The van der Waals surface area contributed by atoms with E-state index in [0.29, 0.717) is 35.4 Å². The van der Waals surface area contributed by atoms with E-state index >= 15 is 0 Å². The number of aromatic nitrogens is 4. The van der Waals surface area contributed by atoms with Gasteiger partial charge in [0.15, 0.2) is 0 Å². The summed E-state index contributed by atoms with van der Waals surface area (Å²) in [4.78, 5) is 28.3. The van der Waals surface area contributed by atoms with Crippen molar-refractivity contribution >= 4 is 29.3 Å². The van der Waals surface area contributed by atoms with Gasteiger partial charge in [-0.25, -0.2) is 24.1 Å². The van der Waals surface area contributed by atoms with Gasteiger partial charge in [-0.1, -0.05) is 11.6 Å². The molecule has 0 spiro atoms. The fraction of sp³-hybridized carbons (Fsp3) is 0.333. The Labute approximate surface area is 219 Å². The summed E-state index contributed by atoms with van der Waals surface area (Å²) in [6.07, 6.45) is 4.82. The van der Waals surface area contributed by atoms with Crippen LogP contribution in [-0.2, 0) is 11.3 Å². The molecule has 1 fully saturated rings. The molecule has 1 aliphatic rings. The molecule has 0 bridgehead atoms. The van der Waals surface area contributed by atoms with E-state index in [0.717, 1.165) is 29.8 Å². The number of nitrogens with one attached hydrogen (secondary N) is 1. The number of carbonyl (C=O) groups is 1. The number of ether oxygens (including phenoxy) is 1. The third-order valence-corrected chi connectivity index (χ3v) is 6.34. The maximum Gasteiger partial charge on any atom is 0.410 e. The normalized spacial score (nSPS) is 15.8. The first-order valence-corrected chi connectivity index (χ1v) is 12.5. The number of imidazole rings is 1. The smallest absolute Gasteiger partial charge is 0.410 e. The number of anilines is 1. The Balaban J connectivity index is 1.41. The number of amides is 1. The van der Waals surface area contributed by atoms with Crippen molar-refractivity contribution < 1.29 is 13.9 Å². The number of halogens is 2. The highest BCUT2D eigenvalue weighted by atomic mass is 35.5. The molecule has 10 heteroatoms. The zero-order valence-corrected chi connectivity index (χ0v) is 21.7. The van der Waals surface area contributed by atoms with E-state index in [9.17, 15) is 9.18 Å². The van der Waals surface area contributed by atoms with Gasteiger partial charge in [-0.15, -0.1) is 0 Å². The number of pyridine rings is 1. The topological polar surface area (TPSA) is 84.6 Å². The van der Waals surface area contributed by atoms with Gasteiger partial charge in [0.2, 0.25) is 5.95 Å². The number of benzene rings is 1. The second-order valence-electron chi connectivity index (χ2n) is 9.98. The van der Waals surface area contributed by atoms with E-state index in [1.54, 1.807) is 35.5 Å². The van der Waals surface area contributed by atoms with Gasteiger partial charge in [0.25, 0.3) is 0 Å². The lowest BCUT2D eigenvalue weighted by Crippen LogP contribution is -2.36. The van der Waals surface area contributed by atoms with E-state index in [1.165, 1.54) is 12.1 Å². The molecular formula is C27H28ClFN6O2. The molecule has 1 saturated heterocycles. The van der Waals surface area contributed by atoms with Crippen LogP contribution in [0.5, 0.6) is 0 Å². The second-order valence-corrected chi connectivity index (χ2v) is 10.4. The Morgan fingerprint density at radius 2 is 1.95 bits per heavy atom. The molecule has 1 aromatic carbocycles. The van der Waals surface area contributed by atoms with Crippen molar-refractivity contribution in [3.8, 4) is 11.3 Å². The summed E-state index contributed by atoms with van der Waals surface area (Å²) in [5.41, 5.74) is 3.22. The van der Waals surface area contributed by atoms with Gasteiger partial charge in [-0.3, -0.25) is 4.90 Å². The molecule has 1 unspecified atom stereocenters. The van der Waals surface area contributed by atoms with Crippen LogP contribution in [0.25, 0.3) is 16.9 Å². The number of rotatable bonds is 5. The van der Waals surface area contributed by atoms with Gasteiger partial charge in [0.05, 0.1) is 34.7 Å². The minimum atomic E-state index is -0.568. The van der Waals surface area contributed by atoms with Crippen LogP contribution in [0.15, 0.2) is 54.9 Å². The fourth-order valence-electron chi connectivity index (χ4n) is 4.49. The van der Waals surface area contributed by atoms with Crippen LogP contribution in [0, 0.1) is 5.82 Å². The van der Waals surface area contributed by atoms with Crippen LogP contribution in [-0.4, -0.2) is 42.5 Å². The Hall–Kier alpha value is -3.72. The molecular weight excluding hydrogens is 495 g/mol. The third-order valence-electron chi connectivity index (χ3n) is 6.11. The van der Waals surface area contributed by atoms with Crippen molar-refractivity contribution in [1.82, 2.24) is 24.3 Å². The minimum absolute atomic E-state index is 0.178. The van der Waals surface area contributed by atoms with E-state index in [1.807, 2.05) is 37.3 Å². The fourth-order valence-corrected chi connectivity index (χ4v) is 4.66. The summed E-state index contributed by atoms with van der Waals surface area (Å²) in [5, 5.41) is 3.86. The van der Waals surface area contributed by atoms with E-state index in [4.69, 9.17) is 26.3 Å². The highest BCUT2D eigenvalue weighted by Gasteiger charge is 2.34. The monoisotopic (exact) mass is 522 g/mol. The maximum absolute atomic E-state index is 13.5. The molecule has 1 aliphatic heterocycles. The maximum atomic E-state index is 13.5. The molecule has 4 heterocycles. The molecule has 1 atom stereocenters. The van der Waals surface area contributed by atoms with E-state index in [-0.39, 0.29) is 18.0 Å². The van der Waals surface area contributed by atoms with Crippen molar-refractivity contribution in [1.29, 1.82) is 0 Å². The summed E-state index contributed by atoms with van der Waals surface area (Å²) in [5.74, 6) is 0.114. The Morgan fingerprint density at radius 1 is 1.16 bits per heavy atom. The number of hydrogen-bond donors (Lipinski definition) is 1. The van der Waals surface area contributed by atoms with Gasteiger partial charge >= 0.3 is 6.09 Å². The first-order chi connectivity index (χ1) is 17.7. The minimum Gasteiger partial charge on any atom is -0.444 e.